The molecule has 0 aromatic rings. The fourth-order valence-electron chi connectivity index (χ4n) is 0.875. The molecule has 4 nitrogen and oxygen atoms in total. The summed E-state index contributed by atoms with van der Waals surface area (Å²) in [5.74, 6) is -0.706. The summed E-state index contributed by atoms with van der Waals surface area (Å²) in [7, 11) is 1.21. The maximum Gasteiger partial charge on any atom is 0.331 e. The molecule has 0 aromatic heterocycles. The Morgan fingerprint density at radius 3 is 2.31 bits per heavy atom. The number of hydrogen-bond donors (Lipinski definition) is 1. The van der Waals surface area contributed by atoms with Gasteiger partial charge in [-0.15, -0.1) is 0 Å². The number of carbonyl (C=O) groups is 2. The van der Waals surface area contributed by atoms with E-state index in [0.29, 0.717) is 6.42 Å². The molecule has 0 rings (SSSR count). The van der Waals surface area contributed by atoms with Gasteiger partial charge in [-0.25, -0.2) is 9.63 Å². The molecule has 0 aliphatic carbocycles. The third kappa shape index (κ3) is 4.24. The van der Waals surface area contributed by atoms with E-state index < -0.39 is 12.0 Å². The van der Waals surface area contributed by atoms with Crippen LogP contribution in [0.5, 0.6) is 0 Å². The summed E-state index contributed by atoms with van der Waals surface area (Å²) in [4.78, 5) is 24.4. The van der Waals surface area contributed by atoms with Gasteiger partial charge in [0, 0.05) is 6.42 Å². The first-order chi connectivity index (χ1) is 6.02. The molecule has 5 heteroatoms. The molecule has 1 atom stereocenters. The molecule has 0 aliphatic rings. The minimum absolute atomic E-state index is 0.199. The number of rotatable bonds is 5. The molecule has 0 bridgehead atoms. The number of ketones is 1. The predicted molar refractivity (Wildman–Crippen MR) is 49.3 cm³/mol. The van der Waals surface area contributed by atoms with Crippen LogP contribution in [0.4, 0.5) is 0 Å². The first-order valence-electron chi connectivity index (χ1n) is 3.99. The minimum atomic E-state index is -1.05. The van der Waals surface area contributed by atoms with Crippen LogP contribution in [0, 0.1) is 5.92 Å². The highest BCUT2D eigenvalue weighted by molar-refractivity contribution is 6.18. The zero-order valence-electron chi connectivity index (χ0n) is 7.96. The molecule has 0 fully saturated rings. The van der Waals surface area contributed by atoms with Gasteiger partial charge in [-0.05, 0) is 17.7 Å². The van der Waals surface area contributed by atoms with Crippen molar-refractivity contribution in [1.29, 1.82) is 0 Å². The standard InChI is InChI=1S/C8H14ClNO3/c1-5(2)4-6(11)7(10-9)8(12)13-3/h5,7,10H,4H2,1-3H3. The van der Waals surface area contributed by atoms with E-state index in [1.54, 1.807) is 0 Å². The second-order valence-corrected chi connectivity index (χ2v) is 3.35. The number of halogens is 1. The van der Waals surface area contributed by atoms with Gasteiger partial charge in [0.15, 0.2) is 11.8 Å². The molecule has 13 heavy (non-hydrogen) atoms. The van der Waals surface area contributed by atoms with Crippen molar-refractivity contribution in [3.8, 4) is 0 Å². The number of methoxy groups -OCH3 is 1. The van der Waals surface area contributed by atoms with Crippen molar-refractivity contribution >= 4 is 23.5 Å². The Morgan fingerprint density at radius 2 is 2.00 bits per heavy atom. The summed E-state index contributed by atoms with van der Waals surface area (Å²) in [6.45, 7) is 3.78. The van der Waals surface area contributed by atoms with Crippen LogP contribution in [0.3, 0.4) is 0 Å². The van der Waals surface area contributed by atoms with E-state index >= 15 is 0 Å². The number of nitrogens with one attached hydrogen (secondary N) is 1. The van der Waals surface area contributed by atoms with E-state index in [4.69, 9.17) is 11.8 Å². The fraction of sp³-hybridized carbons (Fsp3) is 0.750. The second kappa shape index (κ2) is 5.94. The van der Waals surface area contributed by atoms with Crippen molar-refractivity contribution in [2.45, 2.75) is 26.3 Å². The third-order valence-corrected chi connectivity index (χ3v) is 1.70. The van der Waals surface area contributed by atoms with Crippen molar-refractivity contribution in [2.75, 3.05) is 7.11 Å². The first kappa shape index (κ1) is 12.4. The molecule has 0 saturated heterocycles. The summed E-state index contributed by atoms with van der Waals surface area (Å²) in [6.07, 6.45) is 0.305. The number of hydrogen-bond acceptors (Lipinski definition) is 4. The van der Waals surface area contributed by atoms with Gasteiger partial charge in [0.2, 0.25) is 0 Å². The van der Waals surface area contributed by atoms with Gasteiger partial charge < -0.3 is 4.74 Å². The molecular formula is C8H14ClNO3. The highest BCUT2D eigenvalue weighted by Gasteiger charge is 2.26. The van der Waals surface area contributed by atoms with E-state index in [0.717, 1.165) is 0 Å². The average Bonchev–Trinajstić information content (AvgIpc) is 2.03. The third-order valence-electron chi connectivity index (χ3n) is 1.48. The van der Waals surface area contributed by atoms with Crippen LogP contribution in [0.25, 0.3) is 0 Å². The molecule has 1 N–H and O–H groups in total. The van der Waals surface area contributed by atoms with E-state index in [2.05, 4.69) is 9.57 Å². The van der Waals surface area contributed by atoms with Crippen molar-refractivity contribution in [3.05, 3.63) is 0 Å². The van der Waals surface area contributed by atoms with Crippen molar-refractivity contribution < 1.29 is 14.3 Å². The first-order valence-corrected chi connectivity index (χ1v) is 4.37. The smallest absolute Gasteiger partial charge is 0.331 e. The lowest BCUT2D eigenvalue weighted by molar-refractivity contribution is -0.146. The van der Waals surface area contributed by atoms with Crippen LogP contribution in [0.1, 0.15) is 20.3 Å². The topological polar surface area (TPSA) is 55.4 Å². The van der Waals surface area contributed by atoms with Crippen LogP contribution < -0.4 is 4.84 Å². The lowest BCUT2D eigenvalue weighted by atomic mass is 10.0. The number of carbonyl (C=O) groups excluding carboxylic acids is 2. The van der Waals surface area contributed by atoms with E-state index in [-0.39, 0.29) is 11.7 Å². The predicted octanol–water partition coefficient (Wildman–Crippen LogP) is 0.887. The molecule has 0 spiro atoms. The quantitative estimate of drug-likeness (QED) is 0.413. The van der Waals surface area contributed by atoms with E-state index in [1.807, 2.05) is 13.8 Å². The summed E-state index contributed by atoms with van der Waals surface area (Å²) in [6, 6.07) is -1.05. The van der Waals surface area contributed by atoms with E-state index in [9.17, 15) is 9.59 Å². The van der Waals surface area contributed by atoms with E-state index in [1.165, 1.54) is 7.11 Å². The van der Waals surface area contributed by atoms with Gasteiger partial charge in [-0.1, -0.05) is 13.8 Å². The molecule has 0 aromatic carbocycles. The second-order valence-electron chi connectivity index (χ2n) is 3.13. The summed E-state index contributed by atoms with van der Waals surface area (Å²) in [5, 5.41) is 0. The van der Waals surface area contributed by atoms with Gasteiger partial charge in [-0.3, -0.25) is 4.79 Å². The SMILES string of the molecule is COC(=O)C(NCl)C(=O)CC(C)C. The number of ether oxygens (including phenoxy) is 1. The molecule has 76 valence electrons. The normalized spacial score (nSPS) is 12.7. The molecular weight excluding hydrogens is 194 g/mol. The lowest BCUT2D eigenvalue weighted by Crippen LogP contribution is -2.40. The van der Waals surface area contributed by atoms with Crippen molar-refractivity contribution in [3.63, 3.8) is 0 Å². The average molecular weight is 208 g/mol. The zero-order chi connectivity index (χ0) is 10.4. The molecule has 0 saturated carbocycles. The Bertz CT molecular complexity index is 194. The van der Waals surface area contributed by atoms with Gasteiger partial charge in [-0.2, -0.15) is 0 Å². The Hall–Kier alpha value is -0.610. The fourth-order valence-corrected chi connectivity index (χ4v) is 1.09. The summed E-state index contributed by atoms with van der Waals surface area (Å²) >= 11 is 5.25. The molecule has 0 radical (unpaired) electrons. The Labute approximate surface area is 82.7 Å². The van der Waals surface area contributed by atoms with Gasteiger partial charge >= 0.3 is 5.97 Å². The minimum Gasteiger partial charge on any atom is -0.467 e. The number of Topliss-reactive ketones (excluding diaryl/α,β-unsaturated/α-hetero) is 1. The van der Waals surface area contributed by atoms with Crippen molar-refractivity contribution in [2.24, 2.45) is 5.92 Å². The van der Waals surface area contributed by atoms with Crippen LogP contribution in [0.2, 0.25) is 0 Å². The lowest BCUT2D eigenvalue weighted by Gasteiger charge is -2.11. The maximum atomic E-state index is 11.3. The van der Waals surface area contributed by atoms with Crippen LogP contribution in [-0.4, -0.2) is 24.9 Å². The summed E-state index contributed by atoms with van der Waals surface area (Å²) < 4.78 is 4.40. The van der Waals surface area contributed by atoms with Crippen LogP contribution in [0.15, 0.2) is 0 Å². The summed E-state index contributed by atoms with van der Waals surface area (Å²) in [5.41, 5.74) is 0. The highest BCUT2D eigenvalue weighted by atomic mass is 35.5. The largest absolute Gasteiger partial charge is 0.467 e. The molecule has 0 amide bonds. The van der Waals surface area contributed by atoms with Gasteiger partial charge in [0.05, 0.1) is 7.11 Å². The Morgan fingerprint density at radius 1 is 1.46 bits per heavy atom. The zero-order valence-corrected chi connectivity index (χ0v) is 8.72. The molecule has 0 aliphatic heterocycles. The maximum absolute atomic E-state index is 11.3. The molecule has 0 heterocycles. The van der Waals surface area contributed by atoms with Crippen molar-refractivity contribution in [1.82, 2.24) is 4.84 Å². The van der Waals surface area contributed by atoms with Crippen LogP contribution >= 0.6 is 11.8 Å². The molecule has 1 unspecified atom stereocenters. The Balaban J connectivity index is 4.23. The van der Waals surface area contributed by atoms with Crippen LogP contribution in [-0.2, 0) is 14.3 Å². The Kier molecular flexibility index (Phi) is 5.66. The van der Waals surface area contributed by atoms with Gasteiger partial charge in [0.25, 0.3) is 0 Å². The monoisotopic (exact) mass is 207 g/mol. The number of esters is 1. The highest BCUT2D eigenvalue weighted by Crippen LogP contribution is 2.04. The van der Waals surface area contributed by atoms with Gasteiger partial charge in [0.1, 0.15) is 0 Å².